The Morgan fingerprint density at radius 2 is 1.71 bits per heavy atom. The van der Waals surface area contributed by atoms with Gasteiger partial charge in [0.25, 0.3) is 5.91 Å². The monoisotopic (exact) mass is 423 g/mol. The number of amidine groups is 1. The minimum atomic E-state index is -1.26. The van der Waals surface area contributed by atoms with Crippen molar-refractivity contribution in [3.8, 4) is 5.75 Å². The Bertz CT molecular complexity index is 946. The summed E-state index contributed by atoms with van der Waals surface area (Å²) in [5.41, 5.74) is 7.67. The van der Waals surface area contributed by atoms with Crippen LogP contribution in [0.5, 0.6) is 5.75 Å². The number of amides is 1. The molecule has 1 fully saturated rings. The molecule has 1 aliphatic rings. The Morgan fingerprint density at radius 1 is 1.10 bits per heavy atom. The molecule has 2 aromatic carbocycles. The van der Waals surface area contributed by atoms with Crippen molar-refractivity contribution in [2.45, 2.75) is 45.3 Å². The number of benzene rings is 2. The molecule has 1 amide bonds. The summed E-state index contributed by atoms with van der Waals surface area (Å²) in [5, 5.41) is 12.5. The summed E-state index contributed by atoms with van der Waals surface area (Å²) in [6.07, 6.45) is 2.67. The normalized spacial score (nSPS) is 14.3. The summed E-state index contributed by atoms with van der Waals surface area (Å²) < 4.78 is 5.51. The zero-order chi connectivity index (χ0) is 22.4. The molecule has 3 rings (SSSR count). The van der Waals surface area contributed by atoms with Gasteiger partial charge in [0, 0.05) is 18.0 Å². The largest absolute Gasteiger partial charge is 0.478 e. The van der Waals surface area contributed by atoms with Crippen LogP contribution in [0.3, 0.4) is 0 Å². The van der Waals surface area contributed by atoms with Gasteiger partial charge in [-0.1, -0.05) is 36.4 Å². The second kappa shape index (κ2) is 9.75. The average molecular weight is 424 g/mol. The minimum absolute atomic E-state index is 0.0716. The van der Waals surface area contributed by atoms with Crippen LogP contribution < -0.4 is 15.8 Å². The lowest BCUT2D eigenvalue weighted by Crippen LogP contribution is -2.37. The van der Waals surface area contributed by atoms with Crippen molar-refractivity contribution in [3.63, 3.8) is 0 Å². The summed E-state index contributed by atoms with van der Waals surface area (Å²) in [6.45, 7) is 4.55. The SMILES string of the molecule is CC(C)(Oc1ccc(CCNCc2ccc(C(N)=NC(=O)C3CC3)cc2)cc1)C(=O)O. The lowest BCUT2D eigenvalue weighted by Gasteiger charge is -2.21. The van der Waals surface area contributed by atoms with Crippen molar-refractivity contribution < 1.29 is 19.4 Å². The van der Waals surface area contributed by atoms with Crippen LogP contribution in [-0.4, -0.2) is 35.0 Å². The van der Waals surface area contributed by atoms with Crippen LogP contribution in [0.4, 0.5) is 0 Å². The molecule has 2 aromatic rings. The topological polar surface area (TPSA) is 114 Å². The molecule has 0 aromatic heterocycles. The number of carboxylic acids is 1. The fourth-order valence-corrected chi connectivity index (χ4v) is 2.93. The van der Waals surface area contributed by atoms with E-state index < -0.39 is 11.6 Å². The molecule has 1 aliphatic carbocycles. The molecule has 0 atom stereocenters. The number of nitrogens with two attached hydrogens (primary N) is 1. The Labute approximate surface area is 182 Å². The summed E-state index contributed by atoms with van der Waals surface area (Å²) in [4.78, 5) is 26.9. The molecule has 0 aliphatic heterocycles. The van der Waals surface area contributed by atoms with Crippen LogP contribution in [0.25, 0.3) is 0 Å². The molecule has 0 saturated heterocycles. The molecule has 164 valence electrons. The quantitative estimate of drug-likeness (QED) is 0.308. The predicted molar refractivity (Wildman–Crippen MR) is 119 cm³/mol. The second-order valence-electron chi connectivity index (χ2n) is 8.29. The first kappa shape index (κ1) is 22.5. The molecule has 31 heavy (non-hydrogen) atoms. The minimum Gasteiger partial charge on any atom is -0.478 e. The number of aliphatic imine (C=N–C) groups is 1. The third kappa shape index (κ3) is 6.65. The Kier molecular flexibility index (Phi) is 7.07. The van der Waals surface area contributed by atoms with Crippen LogP contribution in [0, 0.1) is 5.92 Å². The van der Waals surface area contributed by atoms with Gasteiger partial charge in [-0.2, -0.15) is 4.99 Å². The van der Waals surface area contributed by atoms with Gasteiger partial charge in [0.1, 0.15) is 11.6 Å². The molecular weight excluding hydrogens is 394 g/mol. The second-order valence-corrected chi connectivity index (χ2v) is 8.29. The number of nitrogens with zero attached hydrogens (tertiary/aromatic N) is 1. The molecule has 7 nitrogen and oxygen atoms in total. The van der Waals surface area contributed by atoms with Gasteiger partial charge in [-0.3, -0.25) is 4.79 Å². The van der Waals surface area contributed by atoms with Crippen LogP contribution in [0.2, 0.25) is 0 Å². The van der Waals surface area contributed by atoms with E-state index in [0.717, 1.165) is 42.5 Å². The van der Waals surface area contributed by atoms with E-state index in [0.29, 0.717) is 12.3 Å². The van der Waals surface area contributed by atoms with Crippen molar-refractivity contribution in [1.82, 2.24) is 5.32 Å². The first-order valence-electron chi connectivity index (χ1n) is 10.4. The lowest BCUT2D eigenvalue weighted by atomic mass is 10.1. The van der Waals surface area contributed by atoms with Crippen molar-refractivity contribution in [2.24, 2.45) is 16.6 Å². The molecule has 1 saturated carbocycles. The van der Waals surface area contributed by atoms with Gasteiger partial charge >= 0.3 is 5.97 Å². The highest BCUT2D eigenvalue weighted by atomic mass is 16.5. The number of rotatable bonds is 10. The summed E-state index contributed by atoms with van der Waals surface area (Å²) in [5.74, 6) is -0.243. The van der Waals surface area contributed by atoms with Gasteiger partial charge in [-0.05, 0) is 62.9 Å². The Balaban J connectivity index is 1.42. The summed E-state index contributed by atoms with van der Waals surface area (Å²) in [7, 11) is 0. The van der Waals surface area contributed by atoms with Crippen molar-refractivity contribution in [1.29, 1.82) is 0 Å². The highest BCUT2D eigenvalue weighted by Crippen LogP contribution is 2.30. The molecule has 0 unspecified atom stereocenters. The number of hydrogen-bond donors (Lipinski definition) is 3. The van der Waals surface area contributed by atoms with Crippen molar-refractivity contribution in [2.75, 3.05) is 6.54 Å². The standard InChI is InChI=1S/C24H29N3O4/c1-24(2,23(29)30)31-20-11-5-16(6-12-20)13-14-26-15-17-3-7-18(8-4-17)21(25)27-22(28)19-9-10-19/h3-8,11-12,19,26H,9-10,13-15H2,1-2H3,(H,29,30)(H2,25,27,28). The van der Waals surface area contributed by atoms with Gasteiger partial charge in [-0.25, -0.2) is 4.79 Å². The number of ether oxygens (including phenoxy) is 1. The average Bonchev–Trinajstić information content (AvgIpc) is 3.58. The van der Waals surface area contributed by atoms with Crippen molar-refractivity contribution in [3.05, 3.63) is 65.2 Å². The highest BCUT2D eigenvalue weighted by Gasteiger charge is 2.30. The van der Waals surface area contributed by atoms with E-state index in [1.54, 1.807) is 12.1 Å². The van der Waals surface area contributed by atoms with Crippen molar-refractivity contribution >= 4 is 17.7 Å². The van der Waals surface area contributed by atoms with E-state index in [-0.39, 0.29) is 17.7 Å². The fourth-order valence-electron chi connectivity index (χ4n) is 2.93. The number of carbonyl (C=O) groups is 2. The maximum atomic E-state index is 11.7. The maximum absolute atomic E-state index is 11.7. The number of carbonyl (C=O) groups excluding carboxylic acids is 1. The van der Waals surface area contributed by atoms with Gasteiger partial charge in [0.15, 0.2) is 5.60 Å². The van der Waals surface area contributed by atoms with Crippen LogP contribution in [-0.2, 0) is 22.6 Å². The highest BCUT2D eigenvalue weighted by molar-refractivity contribution is 6.04. The Morgan fingerprint density at radius 3 is 2.29 bits per heavy atom. The number of hydrogen-bond acceptors (Lipinski definition) is 4. The van der Waals surface area contributed by atoms with Gasteiger partial charge in [0.2, 0.25) is 0 Å². The number of aliphatic carboxylic acids is 1. The smallest absolute Gasteiger partial charge is 0.347 e. The summed E-state index contributed by atoms with van der Waals surface area (Å²) in [6, 6.07) is 15.2. The van der Waals surface area contributed by atoms with Crippen LogP contribution in [0.1, 0.15) is 43.4 Å². The van der Waals surface area contributed by atoms with E-state index in [2.05, 4.69) is 10.3 Å². The molecule has 4 N–H and O–H groups in total. The zero-order valence-corrected chi connectivity index (χ0v) is 17.9. The molecule has 0 radical (unpaired) electrons. The van der Waals surface area contributed by atoms with Gasteiger partial charge in [0.05, 0.1) is 0 Å². The molecule has 0 spiro atoms. The third-order valence-corrected chi connectivity index (χ3v) is 5.14. The first-order valence-corrected chi connectivity index (χ1v) is 10.4. The number of nitrogens with one attached hydrogen (secondary N) is 1. The number of carboxylic acid groups (broad SMARTS) is 1. The van der Waals surface area contributed by atoms with E-state index in [4.69, 9.17) is 15.6 Å². The lowest BCUT2D eigenvalue weighted by molar-refractivity contribution is -0.152. The molecule has 0 bridgehead atoms. The van der Waals surface area contributed by atoms with E-state index in [1.807, 2.05) is 36.4 Å². The molecular formula is C24H29N3O4. The predicted octanol–water partition coefficient (Wildman–Crippen LogP) is 2.90. The van der Waals surface area contributed by atoms with Gasteiger partial charge < -0.3 is 20.9 Å². The van der Waals surface area contributed by atoms with Crippen LogP contribution in [0.15, 0.2) is 53.5 Å². The Hall–Kier alpha value is -3.19. The van der Waals surface area contributed by atoms with E-state index in [1.165, 1.54) is 13.8 Å². The van der Waals surface area contributed by atoms with Crippen LogP contribution >= 0.6 is 0 Å². The summed E-state index contributed by atoms with van der Waals surface area (Å²) >= 11 is 0. The third-order valence-electron chi connectivity index (χ3n) is 5.14. The maximum Gasteiger partial charge on any atom is 0.347 e. The fraction of sp³-hybridized carbons (Fsp3) is 0.375. The zero-order valence-electron chi connectivity index (χ0n) is 17.9. The molecule has 7 heteroatoms. The molecule has 0 heterocycles. The first-order chi connectivity index (χ1) is 14.7. The van der Waals surface area contributed by atoms with E-state index in [9.17, 15) is 9.59 Å². The van der Waals surface area contributed by atoms with Gasteiger partial charge in [-0.15, -0.1) is 0 Å². The van der Waals surface area contributed by atoms with E-state index >= 15 is 0 Å².